The Hall–Kier alpha value is -2.32. The van der Waals surface area contributed by atoms with Gasteiger partial charge in [-0.15, -0.1) is 11.3 Å². The number of aryl methyl sites for hydroxylation is 1. The van der Waals surface area contributed by atoms with E-state index >= 15 is 0 Å². The third-order valence-electron chi connectivity index (χ3n) is 5.38. The van der Waals surface area contributed by atoms with Gasteiger partial charge in [-0.05, 0) is 35.2 Å². The molecule has 0 N–H and O–H groups in total. The predicted octanol–water partition coefficient (Wildman–Crippen LogP) is 7.00. The number of para-hydroxylation sites is 1. The van der Waals surface area contributed by atoms with Crippen LogP contribution in [0.4, 0.5) is 0 Å². The lowest BCUT2D eigenvalue weighted by Gasteiger charge is -2.18. The van der Waals surface area contributed by atoms with Crippen molar-refractivity contribution in [3.05, 3.63) is 60.2 Å². The van der Waals surface area contributed by atoms with Gasteiger partial charge in [0, 0.05) is 49.0 Å². The van der Waals surface area contributed by atoms with Crippen molar-refractivity contribution in [3.63, 3.8) is 0 Å². The largest absolute Gasteiger partial charge is 0.344 e. The second-order valence-electron chi connectivity index (χ2n) is 7.97. The maximum absolute atomic E-state index is 2.39. The van der Waals surface area contributed by atoms with Crippen molar-refractivity contribution in [1.82, 2.24) is 4.57 Å². The first-order chi connectivity index (χ1) is 11.9. The zero-order valence-corrected chi connectivity index (χ0v) is 15.9. The van der Waals surface area contributed by atoms with Gasteiger partial charge in [0.2, 0.25) is 0 Å². The van der Waals surface area contributed by atoms with Crippen LogP contribution in [0.1, 0.15) is 26.3 Å². The smallest absolute Gasteiger partial charge is 0.0496 e. The van der Waals surface area contributed by atoms with Crippen LogP contribution in [0.25, 0.3) is 42.0 Å². The number of fused-ring (bicyclic) bond motifs is 7. The van der Waals surface area contributed by atoms with Crippen LogP contribution in [0.5, 0.6) is 0 Å². The molecule has 0 spiro atoms. The fourth-order valence-corrected chi connectivity index (χ4v) is 5.14. The van der Waals surface area contributed by atoms with Crippen molar-refractivity contribution >= 4 is 53.3 Å². The van der Waals surface area contributed by atoms with Crippen molar-refractivity contribution in [2.75, 3.05) is 0 Å². The van der Waals surface area contributed by atoms with Gasteiger partial charge in [0.1, 0.15) is 0 Å². The molecule has 124 valence electrons. The minimum atomic E-state index is 0.180. The van der Waals surface area contributed by atoms with Crippen LogP contribution in [0.15, 0.2) is 54.6 Å². The van der Waals surface area contributed by atoms with Gasteiger partial charge in [-0.25, -0.2) is 0 Å². The minimum absolute atomic E-state index is 0.180. The summed E-state index contributed by atoms with van der Waals surface area (Å²) in [4.78, 5) is 0. The Balaban J connectivity index is 2.00. The Bertz CT molecular complexity index is 1280. The molecule has 0 saturated heterocycles. The molecule has 0 aliphatic carbocycles. The molecule has 0 aliphatic rings. The highest BCUT2D eigenvalue weighted by Crippen LogP contribution is 2.43. The van der Waals surface area contributed by atoms with Crippen molar-refractivity contribution in [1.29, 1.82) is 0 Å². The normalized spacial score (nSPS) is 12.8. The SMILES string of the molecule is Cn1c2ccccc2c2c3c(ccc21)sc1cc(C(C)(C)C)ccc13. The molecule has 0 bridgehead atoms. The molecule has 0 atom stereocenters. The zero-order chi connectivity index (χ0) is 17.3. The molecule has 0 saturated carbocycles. The molecule has 0 radical (unpaired) electrons. The van der Waals surface area contributed by atoms with Crippen LogP contribution >= 0.6 is 11.3 Å². The summed E-state index contributed by atoms with van der Waals surface area (Å²) in [6.07, 6.45) is 0. The van der Waals surface area contributed by atoms with Gasteiger partial charge >= 0.3 is 0 Å². The molecule has 0 fully saturated rings. The van der Waals surface area contributed by atoms with E-state index in [9.17, 15) is 0 Å². The van der Waals surface area contributed by atoms with E-state index in [2.05, 4.69) is 87.0 Å². The third kappa shape index (κ3) is 2.01. The monoisotopic (exact) mass is 343 g/mol. The Labute approximate surface area is 151 Å². The number of hydrogen-bond donors (Lipinski definition) is 0. The zero-order valence-electron chi connectivity index (χ0n) is 15.1. The Kier molecular flexibility index (Phi) is 2.91. The molecule has 2 heteroatoms. The Morgan fingerprint density at radius 1 is 0.760 bits per heavy atom. The summed E-state index contributed by atoms with van der Waals surface area (Å²) in [6, 6.07) is 20.3. The number of rotatable bonds is 0. The Morgan fingerprint density at radius 3 is 2.36 bits per heavy atom. The van der Waals surface area contributed by atoms with Crippen LogP contribution < -0.4 is 0 Å². The number of aromatic nitrogens is 1. The summed E-state index contributed by atoms with van der Waals surface area (Å²) in [6.45, 7) is 6.85. The average molecular weight is 343 g/mol. The van der Waals surface area contributed by atoms with E-state index in [1.54, 1.807) is 0 Å². The molecule has 5 rings (SSSR count). The first-order valence-electron chi connectivity index (χ1n) is 8.78. The standard InChI is InChI=1S/C23H21NS/c1-23(2,3)14-9-10-16-20(13-14)25-19-12-11-18-21(22(16)19)15-7-5-6-8-17(15)24(18)4/h5-13H,1-4H3. The Morgan fingerprint density at radius 2 is 1.56 bits per heavy atom. The van der Waals surface area contributed by atoms with E-state index in [0.29, 0.717) is 0 Å². The van der Waals surface area contributed by atoms with E-state index in [1.807, 2.05) is 11.3 Å². The fourth-order valence-electron chi connectivity index (χ4n) is 3.98. The minimum Gasteiger partial charge on any atom is -0.344 e. The van der Waals surface area contributed by atoms with Gasteiger partial charge in [-0.3, -0.25) is 0 Å². The van der Waals surface area contributed by atoms with E-state index in [-0.39, 0.29) is 5.41 Å². The van der Waals surface area contributed by atoms with E-state index < -0.39 is 0 Å². The van der Waals surface area contributed by atoms with E-state index in [0.717, 1.165) is 0 Å². The molecule has 2 aromatic heterocycles. The molecule has 1 nitrogen and oxygen atoms in total. The van der Waals surface area contributed by atoms with Gasteiger partial charge in [-0.1, -0.05) is 51.1 Å². The van der Waals surface area contributed by atoms with Crippen molar-refractivity contribution in [2.24, 2.45) is 7.05 Å². The molecule has 5 aromatic rings. The molecule has 25 heavy (non-hydrogen) atoms. The van der Waals surface area contributed by atoms with Gasteiger partial charge in [0.25, 0.3) is 0 Å². The van der Waals surface area contributed by atoms with Crippen LogP contribution in [0, 0.1) is 0 Å². The maximum atomic E-state index is 2.39. The molecule has 3 aromatic carbocycles. The lowest BCUT2D eigenvalue weighted by molar-refractivity contribution is 0.591. The predicted molar refractivity (Wildman–Crippen MR) is 112 cm³/mol. The topological polar surface area (TPSA) is 4.93 Å². The van der Waals surface area contributed by atoms with Crippen LogP contribution in [-0.4, -0.2) is 4.57 Å². The number of benzene rings is 3. The van der Waals surface area contributed by atoms with Gasteiger partial charge in [0.05, 0.1) is 0 Å². The highest BCUT2D eigenvalue weighted by atomic mass is 32.1. The van der Waals surface area contributed by atoms with Crippen LogP contribution in [-0.2, 0) is 12.5 Å². The molecule has 0 unspecified atom stereocenters. The average Bonchev–Trinajstić information content (AvgIpc) is 3.10. The highest BCUT2D eigenvalue weighted by molar-refractivity contribution is 7.26. The van der Waals surface area contributed by atoms with Crippen LogP contribution in [0.3, 0.4) is 0 Å². The fraction of sp³-hybridized carbons (Fsp3) is 0.217. The third-order valence-corrected chi connectivity index (χ3v) is 6.50. The van der Waals surface area contributed by atoms with Gasteiger partial charge in [-0.2, -0.15) is 0 Å². The molecule has 0 amide bonds. The summed E-state index contributed by atoms with van der Waals surface area (Å²) >= 11 is 1.92. The first kappa shape index (κ1) is 15.0. The summed E-state index contributed by atoms with van der Waals surface area (Å²) in [5.74, 6) is 0. The van der Waals surface area contributed by atoms with Crippen molar-refractivity contribution in [2.45, 2.75) is 26.2 Å². The first-order valence-corrected chi connectivity index (χ1v) is 9.60. The maximum Gasteiger partial charge on any atom is 0.0496 e. The number of thiophene rings is 1. The quantitative estimate of drug-likeness (QED) is 0.285. The lowest BCUT2D eigenvalue weighted by Crippen LogP contribution is -2.10. The summed E-state index contributed by atoms with van der Waals surface area (Å²) in [5.41, 5.74) is 4.20. The summed E-state index contributed by atoms with van der Waals surface area (Å²) in [5, 5.41) is 5.54. The van der Waals surface area contributed by atoms with E-state index in [4.69, 9.17) is 0 Å². The second-order valence-corrected chi connectivity index (χ2v) is 9.06. The summed E-state index contributed by atoms with van der Waals surface area (Å²) in [7, 11) is 2.17. The van der Waals surface area contributed by atoms with Crippen LogP contribution in [0.2, 0.25) is 0 Å². The lowest BCUT2D eigenvalue weighted by atomic mass is 9.87. The molecular weight excluding hydrogens is 322 g/mol. The highest BCUT2D eigenvalue weighted by Gasteiger charge is 2.18. The van der Waals surface area contributed by atoms with Crippen molar-refractivity contribution in [3.8, 4) is 0 Å². The molecular formula is C23H21NS. The van der Waals surface area contributed by atoms with E-state index in [1.165, 1.54) is 47.5 Å². The second kappa shape index (κ2) is 4.86. The number of nitrogens with zero attached hydrogens (tertiary/aromatic N) is 1. The molecule has 2 heterocycles. The molecule has 0 aliphatic heterocycles. The van der Waals surface area contributed by atoms with Gasteiger partial charge in [0.15, 0.2) is 0 Å². The number of hydrogen-bond acceptors (Lipinski definition) is 1. The summed E-state index contributed by atoms with van der Waals surface area (Å²) < 4.78 is 5.09. The van der Waals surface area contributed by atoms with Gasteiger partial charge < -0.3 is 4.57 Å². The van der Waals surface area contributed by atoms with Crippen molar-refractivity contribution < 1.29 is 0 Å².